The average Bonchev–Trinajstić information content (AvgIpc) is 2.78. The molecule has 0 fully saturated rings. The first-order valence-electron chi connectivity index (χ1n) is 10.3. The van der Waals surface area contributed by atoms with Crippen LogP contribution < -0.4 is 21.3 Å². The first kappa shape index (κ1) is 22.6. The second kappa shape index (κ2) is 10.8. The summed E-state index contributed by atoms with van der Waals surface area (Å²) in [5.41, 5.74) is 2.18. The molecule has 0 heterocycles. The predicted octanol–water partition coefficient (Wildman–Crippen LogP) is 4.72. The summed E-state index contributed by atoms with van der Waals surface area (Å²) in [5.74, 6) is -0.775. The zero-order valence-electron chi connectivity index (χ0n) is 18.0. The number of nitrogens with one attached hydrogen (secondary N) is 4. The topological polar surface area (TPSA) is 99.3 Å². The summed E-state index contributed by atoms with van der Waals surface area (Å²) in [6.45, 7) is 3.73. The summed E-state index contributed by atoms with van der Waals surface area (Å²) in [4.78, 5) is 37.6. The van der Waals surface area contributed by atoms with Crippen LogP contribution in [0.3, 0.4) is 0 Å². The molecular formula is C25H26N4O3. The molecule has 0 aliphatic carbocycles. The molecule has 0 aliphatic heterocycles. The lowest BCUT2D eigenvalue weighted by atomic mass is 10.0. The van der Waals surface area contributed by atoms with Crippen LogP contribution in [0.4, 0.5) is 21.9 Å². The van der Waals surface area contributed by atoms with E-state index in [4.69, 9.17) is 0 Å². The summed E-state index contributed by atoms with van der Waals surface area (Å²) in [6, 6.07) is 23.5. The fourth-order valence-corrected chi connectivity index (χ4v) is 3.06. The Hall–Kier alpha value is -4.13. The summed E-state index contributed by atoms with van der Waals surface area (Å²) in [7, 11) is 0. The Balaban J connectivity index is 1.63. The van der Waals surface area contributed by atoms with Crippen LogP contribution in [-0.2, 0) is 4.79 Å². The number of hydrogen-bond donors (Lipinski definition) is 4. The van der Waals surface area contributed by atoms with Crippen molar-refractivity contribution in [3.8, 4) is 0 Å². The third-order valence-corrected chi connectivity index (χ3v) is 4.69. The van der Waals surface area contributed by atoms with E-state index in [1.165, 1.54) is 0 Å². The molecule has 7 nitrogen and oxygen atoms in total. The lowest BCUT2D eigenvalue weighted by Gasteiger charge is -2.22. The molecule has 7 heteroatoms. The molecule has 3 aromatic rings. The second-order valence-electron chi connectivity index (χ2n) is 7.58. The van der Waals surface area contributed by atoms with Gasteiger partial charge in [0.05, 0.1) is 0 Å². The Kier molecular flexibility index (Phi) is 7.59. The van der Waals surface area contributed by atoms with Gasteiger partial charge in [-0.15, -0.1) is 0 Å². The first-order valence-corrected chi connectivity index (χ1v) is 10.3. The van der Waals surface area contributed by atoms with E-state index in [0.29, 0.717) is 22.6 Å². The van der Waals surface area contributed by atoms with Crippen LogP contribution in [0.2, 0.25) is 0 Å². The second-order valence-corrected chi connectivity index (χ2v) is 7.58. The minimum atomic E-state index is -0.722. The summed E-state index contributed by atoms with van der Waals surface area (Å²) in [6.07, 6.45) is 0. The van der Waals surface area contributed by atoms with Crippen molar-refractivity contribution < 1.29 is 14.4 Å². The van der Waals surface area contributed by atoms with Gasteiger partial charge in [-0.3, -0.25) is 9.59 Å². The van der Waals surface area contributed by atoms with E-state index in [-0.39, 0.29) is 17.7 Å². The highest BCUT2D eigenvalue weighted by Gasteiger charge is 2.24. The minimum Gasteiger partial charge on any atom is -0.340 e. The zero-order valence-corrected chi connectivity index (χ0v) is 18.0. The standard InChI is InChI=1S/C25H26N4O3/c1-17(2)22(29-23(30)18-10-5-3-6-11-18)24(31)26-20-14-9-15-21(16-20)28-25(32)27-19-12-7-4-8-13-19/h3-17,22H,1-2H3,(H,26,31)(H,29,30)(H2,27,28,32). The van der Waals surface area contributed by atoms with Crippen LogP contribution in [0.15, 0.2) is 84.9 Å². The van der Waals surface area contributed by atoms with Crippen LogP contribution in [0.1, 0.15) is 24.2 Å². The molecule has 0 radical (unpaired) electrons. The molecule has 0 aromatic heterocycles. The highest BCUT2D eigenvalue weighted by molar-refractivity contribution is 6.02. The molecule has 164 valence electrons. The number of urea groups is 1. The van der Waals surface area contributed by atoms with Crippen molar-refractivity contribution in [2.75, 3.05) is 16.0 Å². The van der Waals surface area contributed by atoms with E-state index in [9.17, 15) is 14.4 Å². The van der Waals surface area contributed by atoms with Crippen LogP contribution in [0.5, 0.6) is 0 Å². The Morgan fingerprint density at radius 3 is 1.81 bits per heavy atom. The Morgan fingerprint density at radius 2 is 1.19 bits per heavy atom. The molecule has 32 heavy (non-hydrogen) atoms. The Bertz CT molecular complexity index is 1070. The highest BCUT2D eigenvalue weighted by Crippen LogP contribution is 2.17. The summed E-state index contributed by atoms with van der Waals surface area (Å²) in [5, 5.41) is 11.1. The van der Waals surface area contributed by atoms with Crippen LogP contribution in [-0.4, -0.2) is 23.9 Å². The molecule has 1 atom stereocenters. The third-order valence-electron chi connectivity index (χ3n) is 4.69. The van der Waals surface area contributed by atoms with Crippen molar-refractivity contribution in [1.82, 2.24) is 5.32 Å². The Morgan fingerprint density at radius 1 is 0.656 bits per heavy atom. The number of benzene rings is 3. The van der Waals surface area contributed by atoms with E-state index in [2.05, 4.69) is 21.3 Å². The average molecular weight is 431 g/mol. The SMILES string of the molecule is CC(C)C(NC(=O)c1ccccc1)C(=O)Nc1cccc(NC(=O)Nc2ccccc2)c1. The van der Waals surface area contributed by atoms with E-state index in [1.54, 1.807) is 60.7 Å². The molecule has 3 rings (SSSR count). The molecule has 0 spiro atoms. The Labute approximate surface area is 187 Å². The smallest absolute Gasteiger partial charge is 0.323 e. The normalized spacial score (nSPS) is 11.3. The van der Waals surface area contributed by atoms with Crippen molar-refractivity contribution in [1.29, 1.82) is 0 Å². The van der Waals surface area contributed by atoms with Crippen molar-refractivity contribution >= 4 is 34.9 Å². The number of hydrogen-bond acceptors (Lipinski definition) is 3. The van der Waals surface area contributed by atoms with Gasteiger partial charge < -0.3 is 21.3 Å². The number of anilines is 3. The van der Waals surface area contributed by atoms with E-state index in [0.717, 1.165) is 0 Å². The monoisotopic (exact) mass is 430 g/mol. The van der Waals surface area contributed by atoms with Gasteiger partial charge in [0.25, 0.3) is 5.91 Å². The van der Waals surface area contributed by atoms with Gasteiger partial charge in [0.15, 0.2) is 0 Å². The predicted molar refractivity (Wildman–Crippen MR) is 127 cm³/mol. The molecule has 0 aliphatic rings. The van der Waals surface area contributed by atoms with Gasteiger partial charge in [0.1, 0.15) is 6.04 Å². The van der Waals surface area contributed by atoms with Crippen molar-refractivity contribution in [2.45, 2.75) is 19.9 Å². The molecule has 0 bridgehead atoms. The van der Waals surface area contributed by atoms with Crippen LogP contribution >= 0.6 is 0 Å². The lowest BCUT2D eigenvalue weighted by Crippen LogP contribution is -2.47. The fourth-order valence-electron chi connectivity index (χ4n) is 3.06. The van der Waals surface area contributed by atoms with Gasteiger partial charge in [0.2, 0.25) is 5.91 Å². The largest absolute Gasteiger partial charge is 0.340 e. The van der Waals surface area contributed by atoms with Gasteiger partial charge in [-0.05, 0) is 48.4 Å². The number of para-hydroxylation sites is 1. The van der Waals surface area contributed by atoms with Crippen LogP contribution in [0, 0.1) is 5.92 Å². The molecule has 4 amide bonds. The van der Waals surface area contributed by atoms with Crippen LogP contribution in [0.25, 0.3) is 0 Å². The first-order chi connectivity index (χ1) is 15.4. The number of carbonyl (C=O) groups is 3. The van der Waals surface area contributed by atoms with Crippen molar-refractivity contribution in [2.24, 2.45) is 5.92 Å². The van der Waals surface area contributed by atoms with E-state index in [1.807, 2.05) is 38.1 Å². The van der Waals surface area contributed by atoms with Gasteiger partial charge in [0, 0.05) is 22.6 Å². The molecule has 1 unspecified atom stereocenters. The lowest BCUT2D eigenvalue weighted by molar-refractivity contribution is -0.118. The number of amides is 4. The van der Waals surface area contributed by atoms with Gasteiger partial charge in [-0.25, -0.2) is 4.79 Å². The highest BCUT2D eigenvalue weighted by atomic mass is 16.2. The summed E-state index contributed by atoms with van der Waals surface area (Å²) < 4.78 is 0. The molecule has 0 saturated heterocycles. The minimum absolute atomic E-state index is 0.124. The maximum atomic E-state index is 12.9. The van der Waals surface area contributed by atoms with Crippen molar-refractivity contribution in [3.63, 3.8) is 0 Å². The number of rotatable bonds is 7. The van der Waals surface area contributed by atoms with Gasteiger partial charge >= 0.3 is 6.03 Å². The summed E-state index contributed by atoms with van der Waals surface area (Å²) >= 11 is 0. The maximum Gasteiger partial charge on any atom is 0.323 e. The van der Waals surface area contributed by atoms with Gasteiger partial charge in [-0.1, -0.05) is 56.3 Å². The van der Waals surface area contributed by atoms with E-state index < -0.39 is 12.1 Å². The maximum absolute atomic E-state index is 12.9. The third kappa shape index (κ3) is 6.43. The molecule has 0 saturated carbocycles. The molecule has 3 aromatic carbocycles. The van der Waals surface area contributed by atoms with Gasteiger partial charge in [-0.2, -0.15) is 0 Å². The fraction of sp³-hybridized carbons (Fsp3) is 0.160. The molecule has 4 N–H and O–H groups in total. The number of carbonyl (C=O) groups excluding carboxylic acids is 3. The van der Waals surface area contributed by atoms with E-state index >= 15 is 0 Å². The quantitative estimate of drug-likeness (QED) is 0.436. The zero-order chi connectivity index (χ0) is 22.9. The van der Waals surface area contributed by atoms with Crippen molar-refractivity contribution in [3.05, 3.63) is 90.5 Å². The molecular weight excluding hydrogens is 404 g/mol.